The first-order chi connectivity index (χ1) is 9.69. The van der Waals surface area contributed by atoms with Gasteiger partial charge in [0, 0.05) is 0 Å². The standard InChI is InChI=1S/2C7H6N2O.Fe/c2*8-9-5-7(10)6-3-1-2-4-6;/h2*1-5,10H;/q;;+2/p-2. The number of nitrogens with zero attached hydrogens (tertiary/aromatic N) is 4. The number of rotatable bonds is 2. The van der Waals surface area contributed by atoms with Crippen molar-refractivity contribution in [3.8, 4) is 0 Å². The smallest absolute Gasteiger partial charge is 0.867 e. The SMILES string of the molecule is [Fe+2].[N-]=[N+]=CC([O-])=C1C=CC=C1.[N-]=[N+]=CC([O-])=C1C=CC=C1. The molecule has 0 bridgehead atoms. The maximum Gasteiger partial charge on any atom is 2.00 e. The molecule has 0 aromatic carbocycles. The third-order valence-electron chi connectivity index (χ3n) is 2.24. The molecule has 2 rings (SSSR count). The second-order valence-electron chi connectivity index (χ2n) is 3.56. The zero-order valence-electron chi connectivity index (χ0n) is 10.7. The van der Waals surface area contributed by atoms with Crippen LogP contribution in [-0.2, 0) is 17.1 Å². The van der Waals surface area contributed by atoms with Gasteiger partial charge in [0.25, 0.3) is 12.4 Å². The van der Waals surface area contributed by atoms with Gasteiger partial charge in [-0.05, 0) is 22.7 Å². The summed E-state index contributed by atoms with van der Waals surface area (Å²) in [5.41, 5.74) is 17.0. The van der Waals surface area contributed by atoms with E-state index in [0.717, 1.165) is 12.4 Å². The van der Waals surface area contributed by atoms with Crippen molar-refractivity contribution in [1.29, 1.82) is 0 Å². The molecule has 0 radical (unpaired) electrons. The van der Waals surface area contributed by atoms with E-state index in [0.29, 0.717) is 11.1 Å². The van der Waals surface area contributed by atoms with Gasteiger partial charge in [0.15, 0.2) is 0 Å². The number of hydrogen-bond acceptors (Lipinski definition) is 2. The fraction of sp³-hybridized carbons (Fsp3) is 0. The summed E-state index contributed by atoms with van der Waals surface area (Å²) < 4.78 is 0. The third-order valence-corrected chi connectivity index (χ3v) is 2.24. The van der Waals surface area contributed by atoms with Crippen molar-refractivity contribution in [3.63, 3.8) is 0 Å². The van der Waals surface area contributed by atoms with Crippen LogP contribution in [0.3, 0.4) is 0 Å². The molecule has 21 heavy (non-hydrogen) atoms. The molecule has 0 aliphatic heterocycles. The second-order valence-corrected chi connectivity index (χ2v) is 3.56. The summed E-state index contributed by atoms with van der Waals surface area (Å²) in [4.78, 5) is 5.23. The van der Waals surface area contributed by atoms with Gasteiger partial charge in [-0.1, -0.05) is 48.6 Å². The summed E-state index contributed by atoms with van der Waals surface area (Å²) in [5, 5.41) is 21.6. The molecule has 2 aliphatic carbocycles. The summed E-state index contributed by atoms with van der Waals surface area (Å²) >= 11 is 0. The van der Waals surface area contributed by atoms with E-state index >= 15 is 0 Å². The van der Waals surface area contributed by atoms with Crippen LogP contribution in [0.2, 0.25) is 0 Å². The Kier molecular flexibility index (Phi) is 8.85. The van der Waals surface area contributed by atoms with Crippen molar-refractivity contribution in [3.05, 3.63) is 82.3 Å². The molecule has 0 aromatic rings. The molecule has 0 N–H and O–H groups in total. The molecule has 0 spiro atoms. The van der Waals surface area contributed by atoms with Gasteiger partial charge < -0.3 is 21.3 Å². The van der Waals surface area contributed by atoms with E-state index in [-0.39, 0.29) is 28.6 Å². The van der Waals surface area contributed by atoms with Crippen molar-refractivity contribution in [2.24, 2.45) is 0 Å². The van der Waals surface area contributed by atoms with E-state index in [4.69, 9.17) is 11.1 Å². The molecule has 106 valence electrons. The monoisotopic (exact) mass is 322 g/mol. The molecule has 0 heterocycles. The minimum Gasteiger partial charge on any atom is -0.867 e. The minimum absolute atomic E-state index is 0. The van der Waals surface area contributed by atoms with Crippen molar-refractivity contribution in [2.75, 3.05) is 0 Å². The van der Waals surface area contributed by atoms with Crippen LogP contribution >= 0.6 is 0 Å². The topological polar surface area (TPSA) is 119 Å². The quantitative estimate of drug-likeness (QED) is 0.235. The van der Waals surface area contributed by atoms with E-state index in [1.165, 1.54) is 0 Å². The first-order valence-electron chi connectivity index (χ1n) is 5.56. The van der Waals surface area contributed by atoms with Crippen LogP contribution in [0, 0.1) is 0 Å². The van der Waals surface area contributed by atoms with Crippen LogP contribution in [0.15, 0.2) is 71.3 Å². The maximum absolute atomic E-state index is 10.8. The molecular formula is C14H10FeN4O2. The molecule has 0 fully saturated rings. The van der Waals surface area contributed by atoms with E-state index < -0.39 is 0 Å². The van der Waals surface area contributed by atoms with Crippen LogP contribution in [0.25, 0.3) is 11.1 Å². The Labute approximate surface area is 132 Å². The largest absolute Gasteiger partial charge is 2.00 e. The zero-order valence-corrected chi connectivity index (χ0v) is 11.8. The Morgan fingerprint density at radius 1 is 0.762 bits per heavy atom. The predicted molar refractivity (Wildman–Crippen MR) is 70.0 cm³/mol. The molecule has 6 nitrogen and oxygen atoms in total. The molecule has 0 saturated carbocycles. The van der Waals surface area contributed by atoms with Crippen LogP contribution in [0.1, 0.15) is 0 Å². The molecule has 7 heteroatoms. The van der Waals surface area contributed by atoms with Gasteiger partial charge in [0.05, 0.1) is 0 Å². The van der Waals surface area contributed by atoms with Crippen molar-refractivity contribution < 1.29 is 36.9 Å². The molecular weight excluding hydrogens is 312 g/mol. The third kappa shape index (κ3) is 6.34. The molecule has 0 unspecified atom stereocenters. The Hall–Kier alpha value is -2.68. The Bertz CT molecular complexity index is 570. The molecule has 0 atom stereocenters. The average molecular weight is 322 g/mol. The van der Waals surface area contributed by atoms with E-state index in [1.807, 2.05) is 0 Å². The normalized spacial score (nSPS) is 12.8. The van der Waals surface area contributed by atoms with Gasteiger partial charge in [-0.2, -0.15) is 9.58 Å². The number of hydrogen-bond donors (Lipinski definition) is 0. The van der Waals surface area contributed by atoms with Gasteiger partial charge >= 0.3 is 17.1 Å². The Morgan fingerprint density at radius 2 is 1.05 bits per heavy atom. The molecule has 2 aliphatic rings. The second kappa shape index (κ2) is 10.1. The summed E-state index contributed by atoms with van der Waals surface area (Å²) in [6, 6.07) is 0. The molecule has 0 aromatic heterocycles. The summed E-state index contributed by atoms with van der Waals surface area (Å²) in [6.07, 6.45) is 15.4. The first-order valence-corrected chi connectivity index (χ1v) is 5.56. The van der Waals surface area contributed by atoms with Crippen LogP contribution in [0.4, 0.5) is 0 Å². The van der Waals surface area contributed by atoms with Crippen molar-refractivity contribution in [2.45, 2.75) is 0 Å². The number of allylic oxidation sites excluding steroid dienone is 12. The van der Waals surface area contributed by atoms with E-state index in [2.05, 4.69) is 9.58 Å². The van der Waals surface area contributed by atoms with Gasteiger partial charge in [-0.25, -0.2) is 0 Å². The van der Waals surface area contributed by atoms with Gasteiger partial charge in [0.1, 0.15) is 0 Å². The van der Waals surface area contributed by atoms with E-state index in [1.54, 1.807) is 48.6 Å². The first kappa shape index (κ1) is 18.3. The van der Waals surface area contributed by atoms with Gasteiger partial charge in [0.2, 0.25) is 0 Å². The summed E-state index contributed by atoms with van der Waals surface area (Å²) in [5.74, 6) is -0.569. The molecule has 0 saturated heterocycles. The van der Waals surface area contributed by atoms with Crippen LogP contribution in [0.5, 0.6) is 0 Å². The van der Waals surface area contributed by atoms with Crippen molar-refractivity contribution >= 4 is 12.4 Å². The fourth-order valence-electron chi connectivity index (χ4n) is 1.33. The summed E-state index contributed by atoms with van der Waals surface area (Å²) in [7, 11) is 0. The van der Waals surface area contributed by atoms with Crippen molar-refractivity contribution in [1.82, 2.24) is 0 Å². The van der Waals surface area contributed by atoms with Crippen LogP contribution in [-0.4, -0.2) is 22.0 Å². The van der Waals surface area contributed by atoms with Gasteiger partial charge in [-0.15, -0.1) is 0 Å². The van der Waals surface area contributed by atoms with Gasteiger partial charge in [-0.3, -0.25) is 0 Å². The Morgan fingerprint density at radius 3 is 1.29 bits per heavy atom. The summed E-state index contributed by atoms with van der Waals surface area (Å²) in [6.45, 7) is 0. The maximum atomic E-state index is 10.8. The minimum atomic E-state index is -0.285. The fourth-order valence-corrected chi connectivity index (χ4v) is 1.33. The van der Waals surface area contributed by atoms with E-state index in [9.17, 15) is 10.2 Å². The predicted octanol–water partition coefficient (Wildman–Crippen LogP) is 0.0523. The average Bonchev–Trinajstić information content (AvgIpc) is 3.14. The Balaban J connectivity index is 0.000000364. The van der Waals surface area contributed by atoms with Crippen LogP contribution < -0.4 is 10.2 Å². The zero-order chi connectivity index (χ0) is 14.8. The molecule has 0 amide bonds.